The molecule has 1 saturated heterocycles. The number of β-amino-alcohol motifs (C(OH)–C–C–N with tert-alkyl or cyclic N) is 1. The van der Waals surface area contributed by atoms with Crippen LogP contribution in [-0.2, 0) is 0 Å². The smallest absolute Gasteiger partial charge is 0.122 e. The lowest BCUT2D eigenvalue weighted by molar-refractivity contribution is 0.116. The van der Waals surface area contributed by atoms with Crippen molar-refractivity contribution in [2.45, 2.75) is 26.4 Å². The van der Waals surface area contributed by atoms with Crippen LogP contribution in [0.5, 0.6) is 5.75 Å². The molecule has 0 aromatic heterocycles. The van der Waals surface area contributed by atoms with Gasteiger partial charge in [0.1, 0.15) is 5.75 Å². The van der Waals surface area contributed by atoms with Crippen molar-refractivity contribution in [3.63, 3.8) is 0 Å². The van der Waals surface area contributed by atoms with E-state index in [1.807, 2.05) is 19.9 Å². The lowest BCUT2D eigenvalue weighted by atomic mass is 9.99. The topological polar surface area (TPSA) is 44.7 Å². The first-order chi connectivity index (χ1) is 9.61. The molecule has 1 aliphatic rings. The second-order valence-corrected chi connectivity index (χ2v) is 5.60. The molecule has 0 bridgehead atoms. The first kappa shape index (κ1) is 15.3. The van der Waals surface area contributed by atoms with E-state index in [9.17, 15) is 5.11 Å². The largest absolute Gasteiger partial charge is 0.496 e. The van der Waals surface area contributed by atoms with Gasteiger partial charge in [-0.2, -0.15) is 0 Å². The van der Waals surface area contributed by atoms with Crippen LogP contribution in [-0.4, -0.2) is 49.8 Å². The minimum absolute atomic E-state index is 0.433. The molecule has 1 fully saturated rings. The van der Waals surface area contributed by atoms with E-state index < -0.39 is 6.10 Å². The summed E-state index contributed by atoms with van der Waals surface area (Å²) in [6.45, 7) is 8.90. The molecule has 0 amide bonds. The third-order valence-corrected chi connectivity index (χ3v) is 4.01. The molecule has 112 valence electrons. The third kappa shape index (κ3) is 3.72. The minimum Gasteiger partial charge on any atom is -0.496 e. The Bertz CT molecular complexity index is 440. The maximum Gasteiger partial charge on any atom is 0.122 e. The number of hydrogen-bond acceptors (Lipinski definition) is 4. The van der Waals surface area contributed by atoms with Crippen molar-refractivity contribution < 1.29 is 9.84 Å². The molecule has 0 spiro atoms. The summed E-state index contributed by atoms with van der Waals surface area (Å²) in [6.07, 6.45) is 0.713. The van der Waals surface area contributed by atoms with Crippen LogP contribution >= 0.6 is 0 Å². The van der Waals surface area contributed by atoms with Crippen LogP contribution in [0.2, 0.25) is 0 Å². The summed E-state index contributed by atoms with van der Waals surface area (Å²) in [7, 11) is 1.68. The van der Waals surface area contributed by atoms with E-state index in [1.54, 1.807) is 7.11 Å². The van der Waals surface area contributed by atoms with Gasteiger partial charge in [0.15, 0.2) is 0 Å². The molecule has 2 rings (SSSR count). The van der Waals surface area contributed by atoms with E-state index in [0.29, 0.717) is 6.54 Å². The molecular formula is C16H26N2O2. The number of methoxy groups -OCH3 is 1. The lowest BCUT2D eigenvalue weighted by Crippen LogP contribution is -2.32. The Labute approximate surface area is 121 Å². The molecule has 0 aliphatic carbocycles. The van der Waals surface area contributed by atoms with E-state index in [4.69, 9.17) is 4.74 Å². The quantitative estimate of drug-likeness (QED) is 0.879. The SMILES string of the molecule is COc1cc(C)c(C(O)CN2CCCNCC2)cc1C. The zero-order chi connectivity index (χ0) is 14.5. The summed E-state index contributed by atoms with van der Waals surface area (Å²) in [4.78, 5) is 2.34. The first-order valence-corrected chi connectivity index (χ1v) is 7.38. The van der Waals surface area contributed by atoms with Gasteiger partial charge in [0.25, 0.3) is 0 Å². The van der Waals surface area contributed by atoms with E-state index >= 15 is 0 Å². The highest BCUT2D eigenvalue weighted by atomic mass is 16.5. The van der Waals surface area contributed by atoms with Gasteiger partial charge in [-0.3, -0.25) is 4.90 Å². The number of aryl methyl sites for hydroxylation is 2. The molecule has 1 aromatic carbocycles. The van der Waals surface area contributed by atoms with Crippen molar-refractivity contribution in [2.24, 2.45) is 0 Å². The van der Waals surface area contributed by atoms with Crippen molar-refractivity contribution in [3.8, 4) is 5.75 Å². The monoisotopic (exact) mass is 278 g/mol. The number of hydrogen-bond donors (Lipinski definition) is 2. The Morgan fingerprint density at radius 3 is 2.80 bits per heavy atom. The maximum absolute atomic E-state index is 10.5. The molecule has 1 atom stereocenters. The van der Waals surface area contributed by atoms with E-state index in [1.165, 1.54) is 0 Å². The Kier molecular flexibility index (Phi) is 5.40. The average molecular weight is 278 g/mol. The van der Waals surface area contributed by atoms with Gasteiger partial charge < -0.3 is 15.2 Å². The molecular weight excluding hydrogens is 252 g/mol. The number of aliphatic hydroxyl groups is 1. The second kappa shape index (κ2) is 7.07. The number of aliphatic hydroxyl groups excluding tert-OH is 1. The van der Waals surface area contributed by atoms with E-state index in [0.717, 1.165) is 55.0 Å². The van der Waals surface area contributed by atoms with Gasteiger partial charge in [-0.15, -0.1) is 0 Å². The summed E-state index contributed by atoms with van der Waals surface area (Å²) in [5, 5.41) is 13.9. The van der Waals surface area contributed by atoms with Gasteiger partial charge in [0.05, 0.1) is 13.2 Å². The predicted octanol–water partition coefficient (Wildman–Crippen LogP) is 1.64. The predicted molar refractivity (Wildman–Crippen MR) is 81.4 cm³/mol. The third-order valence-electron chi connectivity index (χ3n) is 4.01. The number of nitrogens with one attached hydrogen (secondary N) is 1. The summed E-state index contributed by atoms with van der Waals surface area (Å²) < 4.78 is 5.33. The van der Waals surface area contributed by atoms with Crippen molar-refractivity contribution >= 4 is 0 Å². The molecule has 20 heavy (non-hydrogen) atoms. The van der Waals surface area contributed by atoms with Gasteiger partial charge in [-0.1, -0.05) is 0 Å². The van der Waals surface area contributed by atoms with Crippen LogP contribution < -0.4 is 10.1 Å². The standard InChI is InChI=1S/C16H26N2O2/c1-12-10-16(20-3)13(2)9-14(12)15(19)11-18-7-4-5-17-6-8-18/h9-10,15,17,19H,4-8,11H2,1-3H3. The van der Waals surface area contributed by atoms with Gasteiger partial charge >= 0.3 is 0 Å². The summed E-state index contributed by atoms with van der Waals surface area (Å²) in [5.41, 5.74) is 3.18. The molecule has 4 nitrogen and oxygen atoms in total. The Hall–Kier alpha value is -1.10. The molecule has 0 radical (unpaired) electrons. The van der Waals surface area contributed by atoms with Crippen LogP contribution in [0.1, 0.15) is 29.2 Å². The zero-order valence-corrected chi connectivity index (χ0v) is 12.8. The highest BCUT2D eigenvalue weighted by molar-refractivity contribution is 5.42. The van der Waals surface area contributed by atoms with Crippen LogP contribution in [0.4, 0.5) is 0 Å². The van der Waals surface area contributed by atoms with Crippen molar-refractivity contribution in [3.05, 3.63) is 28.8 Å². The minimum atomic E-state index is -0.433. The highest BCUT2D eigenvalue weighted by Crippen LogP contribution is 2.27. The molecule has 2 N–H and O–H groups in total. The second-order valence-electron chi connectivity index (χ2n) is 5.60. The molecule has 0 saturated carbocycles. The van der Waals surface area contributed by atoms with Gasteiger partial charge in [-0.05, 0) is 62.2 Å². The van der Waals surface area contributed by atoms with Crippen LogP contribution in [0.25, 0.3) is 0 Å². The van der Waals surface area contributed by atoms with E-state index in [2.05, 4.69) is 16.3 Å². The van der Waals surface area contributed by atoms with Gasteiger partial charge in [0.2, 0.25) is 0 Å². The molecule has 1 unspecified atom stereocenters. The van der Waals surface area contributed by atoms with Gasteiger partial charge in [0, 0.05) is 19.6 Å². The normalized spacial score (nSPS) is 18.6. The van der Waals surface area contributed by atoms with Crippen molar-refractivity contribution in [1.82, 2.24) is 10.2 Å². The molecule has 1 aliphatic heterocycles. The van der Waals surface area contributed by atoms with Crippen LogP contribution in [0.15, 0.2) is 12.1 Å². The number of nitrogens with zero attached hydrogens (tertiary/aromatic N) is 1. The zero-order valence-electron chi connectivity index (χ0n) is 12.8. The van der Waals surface area contributed by atoms with Gasteiger partial charge in [-0.25, -0.2) is 0 Å². The van der Waals surface area contributed by atoms with Crippen LogP contribution in [0, 0.1) is 13.8 Å². The van der Waals surface area contributed by atoms with Crippen LogP contribution in [0.3, 0.4) is 0 Å². The molecule has 4 heteroatoms. The molecule has 1 aromatic rings. The van der Waals surface area contributed by atoms with E-state index in [-0.39, 0.29) is 0 Å². The highest BCUT2D eigenvalue weighted by Gasteiger charge is 2.17. The maximum atomic E-state index is 10.5. The Morgan fingerprint density at radius 2 is 2.05 bits per heavy atom. The van der Waals surface area contributed by atoms with Crippen molar-refractivity contribution in [2.75, 3.05) is 39.8 Å². The summed E-state index contributed by atoms with van der Waals surface area (Å²) >= 11 is 0. The fraction of sp³-hybridized carbons (Fsp3) is 0.625. The number of benzene rings is 1. The number of ether oxygens (including phenoxy) is 1. The number of rotatable bonds is 4. The Morgan fingerprint density at radius 1 is 1.25 bits per heavy atom. The first-order valence-electron chi connectivity index (χ1n) is 7.38. The fourth-order valence-electron chi connectivity index (χ4n) is 2.82. The summed E-state index contributed by atoms with van der Waals surface area (Å²) in [6, 6.07) is 4.06. The molecule has 1 heterocycles. The lowest BCUT2D eigenvalue weighted by Gasteiger charge is -2.24. The summed E-state index contributed by atoms with van der Waals surface area (Å²) in [5.74, 6) is 0.887. The van der Waals surface area contributed by atoms with Crippen molar-refractivity contribution in [1.29, 1.82) is 0 Å². The fourth-order valence-corrected chi connectivity index (χ4v) is 2.82. The average Bonchev–Trinajstić information content (AvgIpc) is 2.69. The Balaban J connectivity index is 2.08.